The summed E-state index contributed by atoms with van der Waals surface area (Å²) in [5, 5.41) is 0. The van der Waals surface area contributed by atoms with Gasteiger partial charge < -0.3 is 14.2 Å². The van der Waals surface area contributed by atoms with Crippen LogP contribution in [0.3, 0.4) is 0 Å². The van der Waals surface area contributed by atoms with Gasteiger partial charge in [-0.25, -0.2) is 0 Å². The van der Waals surface area contributed by atoms with Crippen LogP contribution in [0, 0.1) is 0 Å². The molecule has 446 valence electrons. The predicted molar refractivity (Wildman–Crippen MR) is 343 cm³/mol. The molecule has 0 rings (SSSR count). The minimum atomic E-state index is -0.817. The molecule has 0 aromatic carbocycles. The zero-order valence-corrected chi connectivity index (χ0v) is 51.1. The fraction of sp³-hybridized carbons (Fsp3) is 0.630. The summed E-state index contributed by atoms with van der Waals surface area (Å²) in [5.74, 6) is -0.970. The number of hydrogen-bond donors (Lipinski definition) is 0. The summed E-state index contributed by atoms with van der Waals surface area (Å²) in [5.41, 5.74) is 0. The Hall–Kier alpha value is -4.71. The first-order chi connectivity index (χ1) is 39.0. The SMILES string of the molecule is CC/C=C\C/C=C\C/C=C\C/C=C\C/C=C\C/C=C\C/C=C\CCCC(=O)OC(COC(=O)CCCCCCCCCCC/C=C\C/C=C\C/C=C\C/C=C\C/C=C\CC)COC(=O)CCCCCCCCCCCCCCC. The van der Waals surface area contributed by atoms with Crippen LogP contribution >= 0.6 is 0 Å². The number of hydrogen-bond acceptors (Lipinski definition) is 6. The maximum Gasteiger partial charge on any atom is 0.306 e. The zero-order valence-electron chi connectivity index (χ0n) is 51.1. The van der Waals surface area contributed by atoms with E-state index >= 15 is 0 Å². The number of ether oxygens (including phenoxy) is 3. The molecule has 0 spiro atoms. The van der Waals surface area contributed by atoms with Gasteiger partial charge in [-0.15, -0.1) is 0 Å². The summed E-state index contributed by atoms with van der Waals surface area (Å²) in [6.07, 6.45) is 94.2. The van der Waals surface area contributed by atoms with Crippen molar-refractivity contribution in [2.75, 3.05) is 13.2 Å². The van der Waals surface area contributed by atoms with Crippen molar-refractivity contribution in [2.45, 2.75) is 284 Å². The third-order valence-electron chi connectivity index (χ3n) is 13.3. The average molecular weight is 1090 g/mol. The minimum absolute atomic E-state index is 0.106. The molecule has 0 aromatic rings. The van der Waals surface area contributed by atoms with E-state index in [2.05, 4.69) is 167 Å². The van der Waals surface area contributed by atoms with Gasteiger partial charge in [-0.05, 0) is 116 Å². The molecule has 0 aliphatic heterocycles. The molecule has 0 aliphatic rings. The molecule has 0 heterocycles. The fourth-order valence-electron chi connectivity index (χ4n) is 8.58. The van der Waals surface area contributed by atoms with Crippen molar-refractivity contribution in [3.8, 4) is 0 Å². The van der Waals surface area contributed by atoms with Crippen LogP contribution in [-0.2, 0) is 28.6 Å². The molecule has 1 unspecified atom stereocenters. The quantitative estimate of drug-likeness (QED) is 0.0261. The van der Waals surface area contributed by atoms with E-state index in [0.29, 0.717) is 19.3 Å². The number of carbonyl (C=O) groups is 3. The Bertz CT molecular complexity index is 1730. The number of allylic oxidation sites excluding steroid dienone is 24. The zero-order chi connectivity index (χ0) is 57.1. The van der Waals surface area contributed by atoms with Crippen molar-refractivity contribution in [1.29, 1.82) is 0 Å². The van der Waals surface area contributed by atoms with Crippen molar-refractivity contribution < 1.29 is 28.6 Å². The van der Waals surface area contributed by atoms with Crippen molar-refractivity contribution in [1.82, 2.24) is 0 Å². The summed E-state index contributed by atoms with van der Waals surface area (Å²) >= 11 is 0. The van der Waals surface area contributed by atoms with Gasteiger partial charge in [-0.2, -0.15) is 0 Å². The van der Waals surface area contributed by atoms with Crippen LogP contribution in [0.25, 0.3) is 0 Å². The second kappa shape index (κ2) is 65.8. The van der Waals surface area contributed by atoms with E-state index in [1.807, 2.05) is 0 Å². The monoisotopic (exact) mass is 1090 g/mol. The molecule has 79 heavy (non-hydrogen) atoms. The van der Waals surface area contributed by atoms with E-state index in [1.54, 1.807) is 0 Å². The fourth-order valence-corrected chi connectivity index (χ4v) is 8.58. The molecule has 6 nitrogen and oxygen atoms in total. The van der Waals surface area contributed by atoms with Crippen LogP contribution < -0.4 is 0 Å². The highest BCUT2D eigenvalue weighted by molar-refractivity contribution is 5.71. The van der Waals surface area contributed by atoms with Gasteiger partial charge in [0.05, 0.1) is 0 Å². The third kappa shape index (κ3) is 64.0. The van der Waals surface area contributed by atoms with E-state index in [9.17, 15) is 14.4 Å². The van der Waals surface area contributed by atoms with Crippen LogP contribution in [-0.4, -0.2) is 37.2 Å². The number of carbonyl (C=O) groups excluding carboxylic acids is 3. The number of rotatable bonds is 57. The number of esters is 3. The maximum absolute atomic E-state index is 12.9. The molecule has 6 heteroatoms. The summed E-state index contributed by atoms with van der Waals surface area (Å²) in [6, 6.07) is 0. The van der Waals surface area contributed by atoms with Gasteiger partial charge in [0.2, 0.25) is 0 Å². The highest BCUT2D eigenvalue weighted by Crippen LogP contribution is 2.15. The topological polar surface area (TPSA) is 78.9 Å². The lowest BCUT2D eigenvalue weighted by molar-refractivity contribution is -0.167. The lowest BCUT2D eigenvalue weighted by Crippen LogP contribution is -2.30. The first-order valence-electron chi connectivity index (χ1n) is 32.3. The van der Waals surface area contributed by atoms with E-state index in [1.165, 1.54) is 103 Å². The highest BCUT2D eigenvalue weighted by Gasteiger charge is 2.19. The van der Waals surface area contributed by atoms with E-state index in [0.717, 1.165) is 128 Å². The molecule has 0 saturated heterocycles. The molecule has 0 fully saturated rings. The van der Waals surface area contributed by atoms with Crippen molar-refractivity contribution >= 4 is 17.9 Å². The van der Waals surface area contributed by atoms with Crippen LogP contribution in [0.5, 0.6) is 0 Å². The summed E-state index contributed by atoms with van der Waals surface area (Å²) in [7, 11) is 0. The Morgan fingerprint density at radius 1 is 0.266 bits per heavy atom. The summed E-state index contributed by atoms with van der Waals surface area (Å²) in [6.45, 7) is 6.37. The second-order valence-electron chi connectivity index (χ2n) is 20.9. The van der Waals surface area contributed by atoms with Gasteiger partial charge in [0.25, 0.3) is 0 Å². The Balaban J connectivity index is 4.46. The normalized spacial score (nSPS) is 13.1. The molecular formula is C73H118O6. The Labute approximate surface area is 487 Å². The molecular weight excluding hydrogens is 973 g/mol. The average Bonchev–Trinajstić information content (AvgIpc) is 3.45. The Morgan fingerprint density at radius 2 is 0.506 bits per heavy atom. The van der Waals surface area contributed by atoms with Crippen molar-refractivity contribution in [3.63, 3.8) is 0 Å². The van der Waals surface area contributed by atoms with E-state index in [-0.39, 0.29) is 37.5 Å². The number of unbranched alkanes of at least 4 members (excludes halogenated alkanes) is 22. The summed E-state index contributed by atoms with van der Waals surface area (Å²) in [4.78, 5) is 38.3. The van der Waals surface area contributed by atoms with E-state index < -0.39 is 6.10 Å². The molecule has 0 aromatic heterocycles. The van der Waals surface area contributed by atoms with Gasteiger partial charge in [0.15, 0.2) is 6.10 Å². The third-order valence-corrected chi connectivity index (χ3v) is 13.3. The molecule has 1 atom stereocenters. The molecule has 0 radical (unpaired) electrons. The first-order valence-corrected chi connectivity index (χ1v) is 32.3. The van der Waals surface area contributed by atoms with Crippen molar-refractivity contribution in [3.05, 3.63) is 146 Å². The minimum Gasteiger partial charge on any atom is -0.462 e. The first kappa shape index (κ1) is 74.3. The predicted octanol–water partition coefficient (Wildman–Crippen LogP) is 22.3. The lowest BCUT2D eigenvalue weighted by atomic mass is 10.0. The lowest BCUT2D eigenvalue weighted by Gasteiger charge is -2.18. The van der Waals surface area contributed by atoms with Gasteiger partial charge >= 0.3 is 17.9 Å². The highest BCUT2D eigenvalue weighted by atomic mass is 16.6. The van der Waals surface area contributed by atoms with Gasteiger partial charge in [0, 0.05) is 19.3 Å². The molecule has 0 amide bonds. The molecule has 0 aliphatic carbocycles. The Kier molecular flexibility index (Phi) is 61.9. The van der Waals surface area contributed by atoms with Crippen molar-refractivity contribution in [2.24, 2.45) is 0 Å². The van der Waals surface area contributed by atoms with Gasteiger partial charge in [-0.3, -0.25) is 14.4 Å². The standard InChI is InChI=1S/C73H118O6/c1-4-7-10-13-16-19-22-25-27-29-31-33-35-36-38-39-41-43-45-48-51-54-57-60-63-66-72(75)78-69-70(68-77-71(74)65-62-59-56-53-50-47-24-21-18-15-12-9-6-3)79-73(76)67-64-61-58-55-52-49-46-44-42-40-37-34-32-30-28-26-23-20-17-14-11-8-5-2/h7-8,10-11,16-17,19-20,25-28,31-34,36,38,40,42,46,49,55,58,70H,4-6,9,12-15,18,21-24,29-30,35,37,39,41,43-45,47-48,50-54,56-57,59-69H2,1-3H3/b10-7-,11-8-,19-16-,20-17-,27-25-,28-26-,33-31-,34-32-,38-36-,42-40-,49-46-,58-55-. The molecule has 0 saturated carbocycles. The van der Waals surface area contributed by atoms with E-state index in [4.69, 9.17) is 14.2 Å². The molecule has 0 N–H and O–H groups in total. The summed E-state index contributed by atoms with van der Waals surface area (Å²) < 4.78 is 16.9. The van der Waals surface area contributed by atoms with Crippen LogP contribution in [0.15, 0.2) is 146 Å². The Morgan fingerprint density at radius 3 is 0.810 bits per heavy atom. The van der Waals surface area contributed by atoms with Crippen LogP contribution in [0.2, 0.25) is 0 Å². The second-order valence-corrected chi connectivity index (χ2v) is 20.9. The van der Waals surface area contributed by atoms with Gasteiger partial charge in [-0.1, -0.05) is 289 Å². The van der Waals surface area contributed by atoms with Crippen LogP contribution in [0.4, 0.5) is 0 Å². The maximum atomic E-state index is 12.9. The molecule has 0 bridgehead atoms. The van der Waals surface area contributed by atoms with Crippen LogP contribution in [0.1, 0.15) is 278 Å². The smallest absolute Gasteiger partial charge is 0.306 e. The van der Waals surface area contributed by atoms with Gasteiger partial charge in [0.1, 0.15) is 13.2 Å². The largest absolute Gasteiger partial charge is 0.462 e.